The molecule has 1 radical (unpaired) electrons. The van der Waals surface area contributed by atoms with Gasteiger partial charge in [-0.05, 0) is 90.9 Å². The fraction of sp³-hybridized carbons (Fsp3) is 0.857. The molecular weight excluding hydrogens is 511 g/mol. The number of carbonyl (C=O) groups is 1. The molecule has 4 saturated carbocycles. The van der Waals surface area contributed by atoms with Crippen LogP contribution in [0.1, 0.15) is 58.8 Å². The molecule has 0 aliphatic heterocycles. The summed E-state index contributed by atoms with van der Waals surface area (Å²) in [5, 5.41) is 9.94. The smallest absolute Gasteiger partial charge is 0.155 e. The summed E-state index contributed by atoms with van der Waals surface area (Å²) in [6.07, 6.45) is 10.4. The van der Waals surface area contributed by atoms with Gasteiger partial charge in [0.25, 0.3) is 0 Å². The molecule has 3 heteroatoms. The average Bonchev–Trinajstić information content (AvgIpc) is 3.17. The third-order valence-corrected chi connectivity index (χ3v) is 9.17. The molecule has 1 spiro atoms. The maximum absolute atomic E-state index is 11.9. The van der Waals surface area contributed by atoms with Crippen LogP contribution in [-0.4, -0.2) is 17.5 Å². The summed E-state index contributed by atoms with van der Waals surface area (Å²) in [4.78, 5) is 11.9. The van der Waals surface area contributed by atoms with Crippen molar-refractivity contribution in [1.82, 2.24) is 0 Å². The minimum atomic E-state index is 0. The Morgan fingerprint density at radius 2 is 2.12 bits per heavy atom. The summed E-state index contributed by atoms with van der Waals surface area (Å²) in [5.74, 6) is 4.87. The van der Waals surface area contributed by atoms with E-state index >= 15 is 0 Å². The summed E-state index contributed by atoms with van der Waals surface area (Å²) in [6, 6.07) is 0. The van der Waals surface area contributed by atoms with E-state index in [0.717, 1.165) is 42.9 Å². The molecule has 0 amide bonds. The van der Waals surface area contributed by atoms with Crippen molar-refractivity contribution in [3.63, 3.8) is 0 Å². The zero-order valence-corrected chi connectivity index (χ0v) is 19.9. The maximum atomic E-state index is 11.9. The maximum Gasteiger partial charge on any atom is 0.155 e. The van der Waals surface area contributed by atoms with E-state index in [0.29, 0.717) is 35.1 Å². The van der Waals surface area contributed by atoms with Gasteiger partial charge in [0, 0.05) is 57.1 Å². The molecule has 5 aliphatic carbocycles. The Labute approximate surface area is 181 Å². The molecule has 2 nitrogen and oxygen atoms in total. The van der Waals surface area contributed by atoms with Gasteiger partial charge in [-0.2, -0.15) is 0 Å². The van der Waals surface area contributed by atoms with Crippen LogP contribution in [0.3, 0.4) is 0 Å². The summed E-state index contributed by atoms with van der Waals surface area (Å²) in [6.45, 7) is 5.36. The first-order valence-corrected chi connectivity index (χ1v) is 9.85. The summed E-state index contributed by atoms with van der Waals surface area (Å²) >= 11 is 0. The van der Waals surface area contributed by atoms with Crippen LogP contribution in [0.15, 0.2) is 11.6 Å². The summed E-state index contributed by atoms with van der Waals surface area (Å²) in [5.41, 5.74) is 2.41. The molecule has 0 heterocycles. The number of aliphatic hydroxyl groups is 1. The van der Waals surface area contributed by atoms with Gasteiger partial charge in [-0.25, -0.2) is 0 Å². The van der Waals surface area contributed by atoms with E-state index in [4.69, 9.17) is 0 Å². The van der Waals surface area contributed by atoms with E-state index in [1.165, 1.54) is 31.3 Å². The second kappa shape index (κ2) is 5.90. The van der Waals surface area contributed by atoms with Gasteiger partial charge in [-0.3, -0.25) is 4.79 Å². The number of hydrogen-bond acceptors (Lipinski definition) is 2. The Bertz CT molecular complexity index is 599. The second-order valence-electron chi connectivity index (χ2n) is 9.71. The van der Waals surface area contributed by atoms with Crippen LogP contribution in [-0.2, 0) is 4.79 Å². The van der Waals surface area contributed by atoms with Crippen LogP contribution in [0, 0.1) is 90.4 Å². The van der Waals surface area contributed by atoms with Crippen molar-refractivity contribution >= 4 is 5.78 Å². The van der Waals surface area contributed by atoms with E-state index in [9.17, 15) is 9.90 Å². The topological polar surface area (TPSA) is 37.3 Å². The number of carbonyl (C=O) groups excluding carboxylic acids is 1. The monoisotopic (exact) mass is 541 g/mol. The largest absolute Gasteiger partial charge is 0.396 e. The molecule has 1 N–H and O–H groups in total. The summed E-state index contributed by atoms with van der Waals surface area (Å²) in [7, 11) is 0. The van der Waals surface area contributed by atoms with Gasteiger partial charge in [0.15, 0.2) is 5.78 Å². The van der Waals surface area contributed by atoms with E-state index < -0.39 is 0 Å². The molecular formula is C21H30AcO2. The van der Waals surface area contributed by atoms with Gasteiger partial charge in [-0.15, -0.1) is 0 Å². The Balaban J connectivity index is 0.00000146. The SMILES string of the molecule is C[C@@H]1CC2=CC(=O)CC[C@@H]2[C@H]2CC[C@]3(C)[C@H](CO)C[C@H]4C[C@]43[C@@H]21.[Ac]. The molecule has 8 atom stereocenters. The Morgan fingerprint density at radius 1 is 1.33 bits per heavy atom. The van der Waals surface area contributed by atoms with Gasteiger partial charge < -0.3 is 5.11 Å². The Morgan fingerprint density at radius 3 is 2.88 bits per heavy atom. The van der Waals surface area contributed by atoms with Crippen molar-refractivity contribution in [2.24, 2.45) is 46.3 Å². The van der Waals surface area contributed by atoms with E-state index in [-0.39, 0.29) is 44.1 Å². The molecule has 0 aromatic carbocycles. The normalized spacial score (nSPS) is 54.6. The molecule has 0 bridgehead atoms. The molecule has 5 aliphatic rings. The minimum absolute atomic E-state index is 0. The van der Waals surface area contributed by atoms with Crippen molar-refractivity contribution < 1.29 is 54.0 Å². The summed E-state index contributed by atoms with van der Waals surface area (Å²) < 4.78 is 0. The average molecular weight is 541 g/mol. The van der Waals surface area contributed by atoms with Crippen molar-refractivity contribution in [3.8, 4) is 0 Å². The van der Waals surface area contributed by atoms with Crippen molar-refractivity contribution in [1.29, 1.82) is 0 Å². The molecule has 0 aromatic heterocycles. The Hall–Kier alpha value is 0.812. The van der Waals surface area contributed by atoms with E-state index in [1.807, 2.05) is 6.08 Å². The van der Waals surface area contributed by atoms with Crippen molar-refractivity contribution in [3.05, 3.63) is 11.6 Å². The number of fused-ring (bicyclic) bond motifs is 3. The molecule has 5 rings (SSSR count). The molecule has 24 heavy (non-hydrogen) atoms. The zero-order chi connectivity index (χ0) is 16.0. The van der Waals surface area contributed by atoms with Crippen LogP contribution in [0.5, 0.6) is 0 Å². The molecule has 129 valence electrons. The third-order valence-electron chi connectivity index (χ3n) is 9.17. The van der Waals surface area contributed by atoms with Gasteiger partial charge in [0.05, 0.1) is 0 Å². The molecule has 0 unspecified atom stereocenters. The van der Waals surface area contributed by atoms with Crippen LogP contribution < -0.4 is 0 Å². The van der Waals surface area contributed by atoms with Crippen molar-refractivity contribution in [2.75, 3.05) is 6.61 Å². The van der Waals surface area contributed by atoms with Crippen molar-refractivity contribution in [2.45, 2.75) is 58.8 Å². The standard InChI is InChI=1S/C21H30O2.Ac/c1-12-7-13-8-16(23)3-4-17(13)18-5-6-20(2)15(11-22)9-14-10-21(14,20)19(12)18;/h8,12,14-15,17-19,22H,3-7,9-11H2,1-2H3;/t12-,14+,15+,17+,18-,19-,20-,21-;/m1./s1. The third kappa shape index (κ3) is 2.10. The van der Waals surface area contributed by atoms with Gasteiger partial charge in [-0.1, -0.05) is 19.4 Å². The van der Waals surface area contributed by atoms with E-state index in [1.54, 1.807) is 0 Å². The molecule has 0 saturated heterocycles. The predicted octanol–water partition coefficient (Wildman–Crippen LogP) is 3.98. The zero-order valence-electron chi connectivity index (χ0n) is 15.1. The van der Waals surface area contributed by atoms with Crippen LogP contribution in [0.4, 0.5) is 0 Å². The number of rotatable bonds is 1. The van der Waals surface area contributed by atoms with Crippen LogP contribution in [0.25, 0.3) is 0 Å². The minimum Gasteiger partial charge on any atom is -0.396 e. The number of aliphatic hydroxyl groups excluding tert-OH is 1. The van der Waals surface area contributed by atoms with Crippen LogP contribution in [0.2, 0.25) is 0 Å². The fourth-order valence-electron chi connectivity index (χ4n) is 8.30. The predicted molar refractivity (Wildman–Crippen MR) is 89.6 cm³/mol. The van der Waals surface area contributed by atoms with E-state index in [2.05, 4.69) is 13.8 Å². The first-order valence-electron chi connectivity index (χ1n) is 9.85. The number of ketones is 1. The number of allylic oxidation sites excluding steroid dienone is 1. The Kier molecular flexibility index (Phi) is 4.47. The fourth-order valence-corrected chi connectivity index (χ4v) is 8.30. The molecule has 0 aromatic rings. The first kappa shape index (κ1) is 18.2. The first-order chi connectivity index (χ1) is 11.0. The second-order valence-corrected chi connectivity index (χ2v) is 9.71. The van der Waals surface area contributed by atoms with Gasteiger partial charge in [0.1, 0.15) is 0 Å². The van der Waals surface area contributed by atoms with Gasteiger partial charge >= 0.3 is 0 Å². The molecule has 4 fully saturated rings. The van der Waals surface area contributed by atoms with Gasteiger partial charge in [0.2, 0.25) is 0 Å². The quantitative estimate of drug-likeness (QED) is 0.546. The van der Waals surface area contributed by atoms with Crippen LogP contribution >= 0.6 is 0 Å². The number of hydrogen-bond donors (Lipinski definition) is 1.